The largest absolute Gasteiger partial charge is 0.261 e. The van der Waals surface area contributed by atoms with Crippen LogP contribution in [0.4, 0.5) is 0 Å². The highest BCUT2D eigenvalue weighted by Crippen LogP contribution is 1.99. The maximum atomic E-state index is 9.78. The van der Waals surface area contributed by atoms with Gasteiger partial charge in [0, 0.05) is 11.9 Å². The lowest BCUT2D eigenvalue weighted by Gasteiger charge is -1.92. The predicted molar refractivity (Wildman–Crippen MR) is 38.5 cm³/mol. The normalized spacial score (nSPS) is 9.30. The molecule has 3 heteroatoms. The lowest BCUT2D eigenvalue weighted by atomic mass is 10.2. The lowest BCUT2D eigenvalue weighted by molar-refractivity contribution is 1.02. The molecule has 0 aromatic carbocycles. The van der Waals surface area contributed by atoms with Gasteiger partial charge in [0.15, 0.2) is 0 Å². The zero-order valence-corrected chi connectivity index (χ0v) is 5.74. The highest BCUT2D eigenvalue weighted by Gasteiger charge is 1.90. The summed E-state index contributed by atoms with van der Waals surface area (Å²) >= 11 is 0. The molecule has 0 saturated carbocycles. The van der Waals surface area contributed by atoms with Gasteiger partial charge in [0.25, 0.3) is 0 Å². The molecule has 0 atom stereocenters. The molecular weight excluding hydrogens is 128 g/mol. The van der Waals surface area contributed by atoms with E-state index in [0.717, 1.165) is 11.3 Å². The van der Waals surface area contributed by atoms with Crippen LogP contribution in [0.5, 0.6) is 0 Å². The second-order valence-corrected chi connectivity index (χ2v) is 2.10. The Bertz CT molecular complexity index is 218. The Morgan fingerprint density at radius 2 is 2.40 bits per heavy atom. The molecule has 0 unspecified atom stereocenters. The Balaban J connectivity index is 2.78. The summed E-state index contributed by atoms with van der Waals surface area (Å²) < 4.78 is 0. The number of pyridine rings is 1. The van der Waals surface area contributed by atoms with Crippen molar-refractivity contribution in [3.63, 3.8) is 0 Å². The Hall–Kier alpha value is -1.25. The zero-order valence-electron chi connectivity index (χ0n) is 5.74. The fourth-order valence-corrected chi connectivity index (χ4v) is 0.666. The van der Waals surface area contributed by atoms with Gasteiger partial charge in [-0.3, -0.25) is 4.98 Å². The lowest BCUT2D eigenvalue weighted by Crippen LogP contribution is -1.84. The van der Waals surface area contributed by atoms with Gasteiger partial charge in [-0.05, 0) is 18.6 Å². The average Bonchev–Trinajstić information content (AvgIpc) is 1.95. The van der Waals surface area contributed by atoms with E-state index in [1.165, 1.54) is 0 Å². The standard InChI is InChI=1S/C7H8N2O/c1-6-2-3-7(4-8-6)5-9-10/h2-4H,5H2,1H3. The van der Waals surface area contributed by atoms with E-state index in [1.54, 1.807) is 6.20 Å². The van der Waals surface area contributed by atoms with Gasteiger partial charge in [-0.1, -0.05) is 11.2 Å². The van der Waals surface area contributed by atoms with E-state index in [1.807, 2.05) is 19.1 Å². The fourth-order valence-electron chi connectivity index (χ4n) is 0.666. The molecule has 0 aliphatic rings. The van der Waals surface area contributed by atoms with Crippen molar-refractivity contribution >= 4 is 0 Å². The highest BCUT2D eigenvalue weighted by molar-refractivity contribution is 5.12. The van der Waals surface area contributed by atoms with Crippen molar-refractivity contribution in [3.05, 3.63) is 34.5 Å². The van der Waals surface area contributed by atoms with Crippen molar-refractivity contribution < 1.29 is 0 Å². The molecule has 0 fully saturated rings. The van der Waals surface area contributed by atoms with Crippen LogP contribution in [0.25, 0.3) is 0 Å². The third-order valence-electron chi connectivity index (χ3n) is 1.22. The minimum absolute atomic E-state index is 0.216. The Morgan fingerprint density at radius 1 is 1.60 bits per heavy atom. The SMILES string of the molecule is Cc1ccc(CN=O)cn1. The number of hydrogen-bond donors (Lipinski definition) is 0. The van der Waals surface area contributed by atoms with Crippen molar-refractivity contribution in [2.45, 2.75) is 13.5 Å². The van der Waals surface area contributed by atoms with Crippen LogP contribution in [0.2, 0.25) is 0 Å². The van der Waals surface area contributed by atoms with Gasteiger partial charge in [0.1, 0.15) is 6.54 Å². The highest BCUT2D eigenvalue weighted by atomic mass is 16.3. The summed E-state index contributed by atoms with van der Waals surface area (Å²) in [5.74, 6) is 0. The molecule has 0 aliphatic heterocycles. The Morgan fingerprint density at radius 3 is 2.90 bits per heavy atom. The summed E-state index contributed by atoms with van der Waals surface area (Å²) in [4.78, 5) is 13.8. The summed E-state index contributed by atoms with van der Waals surface area (Å²) in [6.07, 6.45) is 1.66. The second-order valence-electron chi connectivity index (χ2n) is 2.10. The molecule has 10 heavy (non-hydrogen) atoms. The number of rotatable bonds is 2. The van der Waals surface area contributed by atoms with Gasteiger partial charge < -0.3 is 0 Å². The molecule has 0 aliphatic carbocycles. The van der Waals surface area contributed by atoms with Crippen molar-refractivity contribution in [1.82, 2.24) is 4.98 Å². The predicted octanol–water partition coefficient (Wildman–Crippen LogP) is 1.66. The van der Waals surface area contributed by atoms with Gasteiger partial charge in [0.05, 0.1) is 0 Å². The molecular formula is C7H8N2O. The smallest absolute Gasteiger partial charge is 0.108 e. The molecule has 1 aromatic rings. The van der Waals surface area contributed by atoms with Gasteiger partial charge in [-0.15, -0.1) is 0 Å². The minimum Gasteiger partial charge on any atom is -0.261 e. The summed E-state index contributed by atoms with van der Waals surface area (Å²) in [5.41, 5.74) is 1.82. The maximum Gasteiger partial charge on any atom is 0.108 e. The van der Waals surface area contributed by atoms with Gasteiger partial charge >= 0.3 is 0 Å². The van der Waals surface area contributed by atoms with Crippen molar-refractivity contribution in [2.75, 3.05) is 0 Å². The van der Waals surface area contributed by atoms with Gasteiger partial charge in [-0.25, -0.2) is 0 Å². The average molecular weight is 136 g/mol. The first-order valence-corrected chi connectivity index (χ1v) is 3.03. The van der Waals surface area contributed by atoms with E-state index in [0.29, 0.717) is 0 Å². The number of nitrogens with zero attached hydrogens (tertiary/aromatic N) is 2. The summed E-state index contributed by atoms with van der Waals surface area (Å²) in [6, 6.07) is 3.71. The zero-order chi connectivity index (χ0) is 7.40. The third kappa shape index (κ3) is 1.62. The Kier molecular flexibility index (Phi) is 2.10. The molecule has 1 heterocycles. The van der Waals surface area contributed by atoms with E-state index in [4.69, 9.17) is 0 Å². The van der Waals surface area contributed by atoms with Crippen molar-refractivity contribution in [1.29, 1.82) is 0 Å². The van der Waals surface area contributed by atoms with Crippen LogP contribution in [0, 0.1) is 11.8 Å². The van der Waals surface area contributed by atoms with Crippen LogP contribution < -0.4 is 0 Å². The van der Waals surface area contributed by atoms with Crippen LogP contribution >= 0.6 is 0 Å². The van der Waals surface area contributed by atoms with E-state index in [9.17, 15) is 4.91 Å². The van der Waals surface area contributed by atoms with E-state index < -0.39 is 0 Å². The monoisotopic (exact) mass is 136 g/mol. The summed E-state index contributed by atoms with van der Waals surface area (Å²) in [7, 11) is 0. The molecule has 0 spiro atoms. The van der Waals surface area contributed by atoms with Crippen LogP contribution in [0.1, 0.15) is 11.3 Å². The number of aryl methyl sites for hydroxylation is 1. The first-order valence-electron chi connectivity index (χ1n) is 3.03. The number of hydrogen-bond acceptors (Lipinski definition) is 3. The number of aromatic nitrogens is 1. The van der Waals surface area contributed by atoms with Crippen LogP contribution in [0.15, 0.2) is 23.5 Å². The molecule has 3 nitrogen and oxygen atoms in total. The van der Waals surface area contributed by atoms with Crippen LogP contribution in [-0.2, 0) is 6.54 Å². The molecule has 0 radical (unpaired) electrons. The maximum absolute atomic E-state index is 9.78. The molecule has 0 amide bonds. The Labute approximate surface area is 59.1 Å². The van der Waals surface area contributed by atoms with E-state index >= 15 is 0 Å². The van der Waals surface area contributed by atoms with E-state index in [-0.39, 0.29) is 6.54 Å². The first kappa shape index (κ1) is 6.86. The molecule has 0 bridgehead atoms. The topological polar surface area (TPSA) is 42.3 Å². The summed E-state index contributed by atoms with van der Waals surface area (Å²) in [5, 5.41) is 2.75. The quantitative estimate of drug-likeness (QED) is 0.580. The summed E-state index contributed by atoms with van der Waals surface area (Å²) in [6.45, 7) is 2.12. The fraction of sp³-hybridized carbons (Fsp3) is 0.286. The van der Waals surface area contributed by atoms with Crippen molar-refractivity contribution in [3.8, 4) is 0 Å². The molecule has 1 rings (SSSR count). The van der Waals surface area contributed by atoms with Gasteiger partial charge in [-0.2, -0.15) is 4.91 Å². The third-order valence-corrected chi connectivity index (χ3v) is 1.22. The van der Waals surface area contributed by atoms with Crippen LogP contribution in [0.3, 0.4) is 0 Å². The minimum atomic E-state index is 0.216. The first-order chi connectivity index (χ1) is 4.83. The number of nitroso groups, excluding NO2 is 1. The van der Waals surface area contributed by atoms with Crippen LogP contribution in [-0.4, -0.2) is 4.98 Å². The van der Waals surface area contributed by atoms with Gasteiger partial charge in [0.2, 0.25) is 0 Å². The molecule has 52 valence electrons. The molecule has 0 N–H and O–H groups in total. The second kappa shape index (κ2) is 3.06. The van der Waals surface area contributed by atoms with E-state index in [2.05, 4.69) is 10.2 Å². The molecule has 0 saturated heterocycles. The van der Waals surface area contributed by atoms with Crippen molar-refractivity contribution in [2.24, 2.45) is 5.18 Å². The molecule has 1 aromatic heterocycles.